The second-order valence-electron chi connectivity index (χ2n) is 7.64. The number of carboxylic acid groups (broad SMARTS) is 1. The minimum atomic E-state index is -5.19. The molecule has 12 heteroatoms. The van der Waals surface area contributed by atoms with Crippen molar-refractivity contribution in [1.82, 2.24) is 20.5 Å². The largest absolute Gasteiger partial charge is 0.542 e. The second kappa shape index (κ2) is 12.6. The zero-order valence-electron chi connectivity index (χ0n) is 18.7. The Morgan fingerprint density at radius 1 is 1.06 bits per heavy atom. The monoisotopic (exact) mass is 529 g/mol. The fraction of sp³-hybridized carbons (Fsp3) is 0.304. The van der Waals surface area contributed by atoms with Crippen LogP contribution in [0, 0.1) is 6.92 Å². The summed E-state index contributed by atoms with van der Waals surface area (Å²) >= 11 is 12.1. The SMILES string of the molecule is Cc1nc(CC(=O)N[C@H](C)[C@H](Cc2ccc(Cl)cc2)c2ccc(Cl)cc2)n[nH]1.O=C([O-])C(F)(F)F. The van der Waals surface area contributed by atoms with E-state index in [-0.39, 0.29) is 24.3 Å². The summed E-state index contributed by atoms with van der Waals surface area (Å²) < 4.78 is 31.5. The van der Waals surface area contributed by atoms with Gasteiger partial charge in [-0.25, -0.2) is 4.98 Å². The van der Waals surface area contributed by atoms with Crippen molar-refractivity contribution in [2.75, 3.05) is 0 Å². The van der Waals surface area contributed by atoms with Crippen molar-refractivity contribution in [2.45, 2.75) is 44.8 Å². The van der Waals surface area contributed by atoms with Crippen LogP contribution in [0.1, 0.15) is 35.6 Å². The number of nitrogens with zero attached hydrogens (tertiary/aromatic N) is 2. The van der Waals surface area contributed by atoms with Crippen LogP contribution in [-0.2, 0) is 22.4 Å². The average molecular weight is 530 g/mol. The fourth-order valence-electron chi connectivity index (χ4n) is 3.18. The van der Waals surface area contributed by atoms with Crippen LogP contribution in [0.2, 0.25) is 10.0 Å². The smallest absolute Gasteiger partial charge is 0.430 e. The molecule has 0 aliphatic carbocycles. The highest BCUT2D eigenvalue weighted by Gasteiger charge is 2.28. The molecule has 0 aliphatic heterocycles. The quantitative estimate of drug-likeness (QED) is 0.483. The van der Waals surface area contributed by atoms with Crippen LogP contribution < -0.4 is 10.4 Å². The molecule has 188 valence electrons. The molecule has 0 saturated carbocycles. The number of H-pyrrole nitrogens is 1. The van der Waals surface area contributed by atoms with Crippen LogP contribution >= 0.6 is 23.2 Å². The number of halogens is 5. The predicted octanol–water partition coefficient (Wildman–Crippen LogP) is 3.79. The normalized spacial score (nSPS) is 12.8. The number of amides is 1. The molecule has 0 spiro atoms. The molecule has 3 rings (SSSR count). The van der Waals surface area contributed by atoms with Crippen LogP contribution in [0.5, 0.6) is 0 Å². The lowest BCUT2D eigenvalue weighted by atomic mass is 9.86. The van der Waals surface area contributed by atoms with E-state index in [0.717, 1.165) is 17.5 Å². The molecule has 1 heterocycles. The Morgan fingerprint density at radius 3 is 2.03 bits per heavy atom. The first kappa shape index (κ1) is 28.1. The molecule has 2 atom stereocenters. The highest BCUT2D eigenvalue weighted by atomic mass is 35.5. The summed E-state index contributed by atoms with van der Waals surface area (Å²) in [6, 6.07) is 15.4. The Hall–Kier alpha value is -3.11. The number of carbonyl (C=O) groups is 2. The third kappa shape index (κ3) is 9.58. The van der Waals surface area contributed by atoms with E-state index in [2.05, 4.69) is 20.5 Å². The molecular formula is C23H22Cl2F3N4O3-. The number of aromatic nitrogens is 3. The third-order valence-corrected chi connectivity index (χ3v) is 5.36. The molecule has 7 nitrogen and oxygen atoms in total. The lowest BCUT2D eigenvalue weighted by Gasteiger charge is -2.26. The number of carbonyl (C=O) groups excluding carboxylic acids is 2. The molecule has 2 aromatic carbocycles. The molecule has 35 heavy (non-hydrogen) atoms. The van der Waals surface area contributed by atoms with Crippen molar-refractivity contribution in [1.29, 1.82) is 0 Å². The van der Waals surface area contributed by atoms with E-state index in [1.807, 2.05) is 55.5 Å². The maximum absolute atomic E-state index is 12.5. The van der Waals surface area contributed by atoms with Crippen LogP contribution in [-0.4, -0.2) is 39.3 Å². The molecule has 0 bridgehead atoms. The number of alkyl halides is 3. The summed E-state index contributed by atoms with van der Waals surface area (Å²) in [7, 11) is 0. The number of rotatable bonds is 7. The maximum Gasteiger partial charge on any atom is 0.430 e. The number of hydrogen-bond acceptors (Lipinski definition) is 5. The first-order valence-electron chi connectivity index (χ1n) is 10.3. The lowest BCUT2D eigenvalue weighted by Crippen LogP contribution is -2.38. The van der Waals surface area contributed by atoms with Crippen LogP contribution in [0.4, 0.5) is 13.2 Å². The number of aromatic amines is 1. The molecule has 2 N–H and O–H groups in total. The van der Waals surface area contributed by atoms with E-state index >= 15 is 0 Å². The molecule has 0 fully saturated rings. The number of hydrogen-bond donors (Lipinski definition) is 2. The number of benzene rings is 2. The minimum absolute atomic E-state index is 0.0799. The van der Waals surface area contributed by atoms with Gasteiger partial charge in [-0.3, -0.25) is 9.89 Å². The average Bonchev–Trinajstić information content (AvgIpc) is 3.18. The van der Waals surface area contributed by atoms with Gasteiger partial charge in [0.2, 0.25) is 5.91 Å². The van der Waals surface area contributed by atoms with Crippen molar-refractivity contribution in [3.05, 3.63) is 81.4 Å². The van der Waals surface area contributed by atoms with Crippen molar-refractivity contribution < 1.29 is 27.9 Å². The van der Waals surface area contributed by atoms with Crippen molar-refractivity contribution in [2.24, 2.45) is 0 Å². The maximum atomic E-state index is 12.5. The van der Waals surface area contributed by atoms with Crippen LogP contribution in [0.15, 0.2) is 48.5 Å². The standard InChI is InChI=1S/C21H22Cl2N4O.C2HF3O2/c1-13(24-21(28)12-20-25-14(2)26-27-20)19(16-5-9-18(23)10-6-16)11-15-3-7-17(22)8-4-15;3-2(4,5)1(6)7/h3-10,13,19H,11-12H2,1-2H3,(H,24,28)(H,25,26,27);(H,6,7)/p-1/t13-,19+;/m1./s1. The summed E-state index contributed by atoms with van der Waals surface area (Å²) in [5.41, 5.74) is 2.26. The molecule has 1 aromatic heterocycles. The second-order valence-corrected chi connectivity index (χ2v) is 8.52. The number of nitrogens with one attached hydrogen (secondary N) is 2. The fourth-order valence-corrected chi connectivity index (χ4v) is 3.44. The van der Waals surface area contributed by atoms with Gasteiger partial charge in [0.05, 0.1) is 6.42 Å². The van der Waals surface area contributed by atoms with Gasteiger partial charge >= 0.3 is 6.18 Å². The van der Waals surface area contributed by atoms with Gasteiger partial charge in [0.1, 0.15) is 11.8 Å². The van der Waals surface area contributed by atoms with E-state index in [4.69, 9.17) is 33.1 Å². The predicted molar refractivity (Wildman–Crippen MR) is 123 cm³/mol. The number of carboxylic acids is 1. The van der Waals surface area contributed by atoms with E-state index in [9.17, 15) is 18.0 Å². The van der Waals surface area contributed by atoms with Gasteiger partial charge in [-0.2, -0.15) is 18.3 Å². The molecule has 0 saturated heterocycles. The van der Waals surface area contributed by atoms with Crippen molar-refractivity contribution in [3.8, 4) is 0 Å². The van der Waals surface area contributed by atoms with Crippen LogP contribution in [0.3, 0.4) is 0 Å². The minimum Gasteiger partial charge on any atom is -0.542 e. The highest BCUT2D eigenvalue weighted by molar-refractivity contribution is 6.30. The van der Waals surface area contributed by atoms with Gasteiger partial charge in [-0.1, -0.05) is 47.5 Å². The van der Waals surface area contributed by atoms with Crippen molar-refractivity contribution >= 4 is 35.1 Å². The van der Waals surface area contributed by atoms with E-state index in [1.54, 1.807) is 6.92 Å². The van der Waals surface area contributed by atoms with Gasteiger partial charge in [0.25, 0.3) is 0 Å². The topological polar surface area (TPSA) is 111 Å². The van der Waals surface area contributed by atoms with E-state index in [0.29, 0.717) is 21.7 Å². The van der Waals surface area contributed by atoms with Crippen LogP contribution in [0.25, 0.3) is 0 Å². The summed E-state index contributed by atoms with van der Waals surface area (Å²) in [6.45, 7) is 3.82. The molecule has 0 aliphatic rings. The zero-order chi connectivity index (χ0) is 26.2. The van der Waals surface area contributed by atoms with Gasteiger partial charge in [-0.05, 0) is 55.7 Å². The van der Waals surface area contributed by atoms with Crippen molar-refractivity contribution in [3.63, 3.8) is 0 Å². The molecule has 3 aromatic rings. The van der Waals surface area contributed by atoms with Gasteiger partial charge < -0.3 is 15.2 Å². The highest BCUT2D eigenvalue weighted by Crippen LogP contribution is 2.27. The Morgan fingerprint density at radius 2 is 1.57 bits per heavy atom. The Bertz CT molecular complexity index is 1120. The first-order valence-corrected chi connectivity index (χ1v) is 11.1. The molecule has 1 amide bonds. The summed E-state index contributed by atoms with van der Waals surface area (Å²) in [5.74, 6) is -1.86. The van der Waals surface area contributed by atoms with Gasteiger partial charge in [-0.15, -0.1) is 0 Å². The molecule has 0 radical (unpaired) electrons. The Kier molecular flexibility index (Phi) is 10.1. The number of aryl methyl sites for hydroxylation is 1. The van der Waals surface area contributed by atoms with E-state index < -0.39 is 12.1 Å². The zero-order valence-corrected chi connectivity index (χ0v) is 20.2. The summed E-state index contributed by atoms with van der Waals surface area (Å²) in [5, 5.41) is 20.0. The summed E-state index contributed by atoms with van der Waals surface area (Å²) in [6.07, 6.45) is -4.29. The van der Waals surface area contributed by atoms with Gasteiger partial charge in [0.15, 0.2) is 5.82 Å². The molecule has 0 unspecified atom stereocenters. The van der Waals surface area contributed by atoms with Gasteiger partial charge in [0, 0.05) is 22.0 Å². The van der Waals surface area contributed by atoms with E-state index in [1.165, 1.54) is 0 Å². The molecular weight excluding hydrogens is 508 g/mol. The Labute approximate surface area is 209 Å². The lowest BCUT2D eigenvalue weighted by molar-refractivity contribution is -0.344. The summed E-state index contributed by atoms with van der Waals surface area (Å²) in [4.78, 5) is 25.5. The first-order chi connectivity index (χ1) is 16.3. The number of aliphatic carboxylic acids is 1. The third-order valence-electron chi connectivity index (χ3n) is 4.85. The Balaban J connectivity index is 0.000000540.